The molecular formula is C28H32N4O4. The van der Waals surface area contributed by atoms with Crippen LogP contribution in [0.3, 0.4) is 0 Å². The monoisotopic (exact) mass is 488 g/mol. The minimum absolute atomic E-state index is 0.105. The van der Waals surface area contributed by atoms with Gasteiger partial charge in [-0.15, -0.1) is 0 Å². The highest BCUT2D eigenvalue weighted by atomic mass is 16.5. The molecule has 2 aliphatic heterocycles. The van der Waals surface area contributed by atoms with Crippen LogP contribution < -0.4 is 0 Å². The number of hydrogen-bond acceptors (Lipinski definition) is 6. The summed E-state index contributed by atoms with van der Waals surface area (Å²) >= 11 is 0. The molecule has 36 heavy (non-hydrogen) atoms. The molecule has 0 unspecified atom stereocenters. The molecule has 0 saturated carbocycles. The first-order valence-electron chi connectivity index (χ1n) is 12.5. The number of aliphatic hydroxyl groups excluding tert-OH is 1. The van der Waals surface area contributed by atoms with Crippen LogP contribution >= 0.6 is 0 Å². The zero-order valence-electron chi connectivity index (χ0n) is 21.0. The molecule has 0 radical (unpaired) electrons. The summed E-state index contributed by atoms with van der Waals surface area (Å²) in [6, 6.07) is 12.8. The SMILES string of the molecule is Cc1nc2ccccn2c1C(O)=C1C(=O)C(=O)N(CCN2CCOCC2)[C@@H]1c1ccc(C(C)C)cc1. The fourth-order valence-electron chi connectivity index (χ4n) is 5.12. The van der Waals surface area contributed by atoms with E-state index in [-0.39, 0.29) is 11.3 Å². The van der Waals surface area contributed by atoms with Gasteiger partial charge in [0.2, 0.25) is 0 Å². The molecule has 4 heterocycles. The van der Waals surface area contributed by atoms with E-state index >= 15 is 0 Å². The Morgan fingerprint density at radius 3 is 2.50 bits per heavy atom. The number of aromatic nitrogens is 2. The second kappa shape index (κ2) is 9.87. The van der Waals surface area contributed by atoms with Crippen LogP contribution in [0.5, 0.6) is 0 Å². The predicted octanol–water partition coefficient (Wildman–Crippen LogP) is 3.52. The summed E-state index contributed by atoms with van der Waals surface area (Å²) in [6.45, 7) is 9.95. The number of Topliss-reactive ketones (excluding diaryl/α,β-unsaturated/α-hetero) is 1. The van der Waals surface area contributed by atoms with Crippen LogP contribution in [0.2, 0.25) is 0 Å². The first-order chi connectivity index (χ1) is 17.4. The van der Waals surface area contributed by atoms with Crippen molar-refractivity contribution >= 4 is 23.1 Å². The number of rotatable bonds is 6. The van der Waals surface area contributed by atoms with Crippen molar-refractivity contribution in [2.24, 2.45) is 0 Å². The van der Waals surface area contributed by atoms with E-state index in [1.807, 2.05) is 42.5 Å². The lowest BCUT2D eigenvalue weighted by Crippen LogP contribution is -2.42. The molecule has 188 valence electrons. The topological polar surface area (TPSA) is 87.4 Å². The largest absolute Gasteiger partial charge is 0.505 e. The Hall–Kier alpha value is -3.49. The Kier molecular flexibility index (Phi) is 6.64. The van der Waals surface area contributed by atoms with E-state index < -0.39 is 17.7 Å². The lowest BCUT2D eigenvalue weighted by molar-refractivity contribution is -0.140. The van der Waals surface area contributed by atoms with Crippen molar-refractivity contribution in [1.29, 1.82) is 0 Å². The number of carbonyl (C=O) groups excluding carboxylic acids is 2. The van der Waals surface area contributed by atoms with E-state index in [1.165, 1.54) is 5.56 Å². The number of ether oxygens (including phenoxy) is 1. The van der Waals surface area contributed by atoms with Crippen molar-refractivity contribution in [3.63, 3.8) is 0 Å². The number of hydrogen-bond donors (Lipinski definition) is 1. The maximum Gasteiger partial charge on any atom is 0.295 e. The molecule has 1 N–H and O–H groups in total. The third-order valence-corrected chi connectivity index (χ3v) is 7.15. The number of ketones is 1. The Labute approximate surface area is 210 Å². The average molecular weight is 489 g/mol. The maximum absolute atomic E-state index is 13.4. The van der Waals surface area contributed by atoms with Crippen molar-refractivity contribution in [2.75, 3.05) is 39.4 Å². The van der Waals surface area contributed by atoms with E-state index in [0.717, 1.165) is 18.7 Å². The van der Waals surface area contributed by atoms with Gasteiger partial charge in [0.1, 0.15) is 11.3 Å². The Morgan fingerprint density at radius 2 is 1.81 bits per heavy atom. The second-order valence-corrected chi connectivity index (χ2v) is 9.74. The summed E-state index contributed by atoms with van der Waals surface area (Å²) in [7, 11) is 0. The molecule has 8 heteroatoms. The summed E-state index contributed by atoms with van der Waals surface area (Å²) in [4.78, 5) is 35.1. The molecule has 0 spiro atoms. The molecule has 1 aromatic carbocycles. The van der Waals surface area contributed by atoms with Gasteiger partial charge < -0.3 is 14.7 Å². The molecule has 2 aliphatic rings. The van der Waals surface area contributed by atoms with Crippen LogP contribution in [0.15, 0.2) is 54.2 Å². The molecule has 2 aromatic heterocycles. The first kappa shape index (κ1) is 24.2. The lowest BCUT2D eigenvalue weighted by Gasteiger charge is -2.31. The van der Waals surface area contributed by atoms with Gasteiger partial charge in [0.25, 0.3) is 11.7 Å². The molecule has 1 amide bonds. The minimum Gasteiger partial charge on any atom is -0.505 e. The van der Waals surface area contributed by atoms with E-state index in [1.54, 1.807) is 22.4 Å². The van der Waals surface area contributed by atoms with Crippen LogP contribution in [0, 0.1) is 6.92 Å². The molecule has 5 rings (SSSR count). The maximum atomic E-state index is 13.4. The number of carbonyl (C=O) groups is 2. The average Bonchev–Trinajstić information content (AvgIpc) is 3.35. The van der Waals surface area contributed by atoms with Crippen molar-refractivity contribution < 1.29 is 19.4 Å². The smallest absolute Gasteiger partial charge is 0.295 e. The van der Waals surface area contributed by atoms with Gasteiger partial charge in [-0.25, -0.2) is 4.98 Å². The van der Waals surface area contributed by atoms with Gasteiger partial charge in [0.15, 0.2) is 5.76 Å². The molecule has 8 nitrogen and oxygen atoms in total. The van der Waals surface area contributed by atoms with Gasteiger partial charge in [0, 0.05) is 32.4 Å². The standard InChI is InChI=1S/C28H32N4O4/c1-18(2)20-7-9-21(10-8-20)25-23(26(33)24-19(3)29-22-6-4-5-11-31(22)24)27(34)28(35)32(25)13-12-30-14-16-36-17-15-30/h4-11,18,25,33H,12-17H2,1-3H3/t25-/m1/s1. The van der Waals surface area contributed by atoms with Gasteiger partial charge in [-0.1, -0.05) is 44.2 Å². The third-order valence-electron chi connectivity index (χ3n) is 7.15. The molecule has 2 saturated heterocycles. The minimum atomic E-state index is -0.680. The molecule has 3 aromatic rings. The van der Waals surface area contributed by atoms with E-state index in [2.05, 4.69) is 23.7 Å². The van der Waals surface area contributed by atoms with Crippen LogP contribution in [0.4, 0.5) is 0 Å². The zero-order valence-corrected chi connectivity index (χ0v) is 21.0. The summed E-state index contributed by atoms with van der Waals surface area (Å²) in [5.41, 5.74) is 3.76. The number of imidazole rings is 1. The highest BCUT2D eigenvalue weighted by Crippen LogP contribution is 2.40. The molecule has 0 bridgehead atoms. The van der Waals surface area contributed by atoms with E-state index in [4.69, 9.17) is 4.74 Å². The summed E-state index contributed by atoms with van der Waals surface area (Å²) in [5.74, 6) is -1.10. The number of aryl methyl sites for hydroxylation is 1. The summed E-state index contributed by atoms with van der Waals surface area (Å²) < 4.78 is 7.20. The van der Waals surface area contributed by atoms with Crippen molar-refractivity contribution in [3.05, 3.63) is 76.7 Å². The number of pyridine rings is 1. The summed E-state index contributed by atoms with van der Waals surface area (Å²) in [5, 5.41) is 11.6. The highest BCUT2D eigenvalue weighted by molar-refractivity contribution is 6.46. The van der Waals surface area contributed by atoms with E-state index in [9.17, 15) is 14.7 Å². The quantitative estimate of drug-likeness (QED) is 0.325. The third kappa shape index (κ3) is 4.31. The second-order valence-electron chi connectivity index (χ2n) is 9.74. The molecule has 2 fully saturated rings. The van der Waals surface area contributed by atoms with Crippen LogP contribution in [-0.4, -0.2) is 75.4 Å². The van der Waals surface area contributed by atoms with Crippen molar-refractivity contribution in [3.8, 4) is 0 Å². The van der Waals surface area contributed by atoms with Gasteiger partial charge in [-0.3, -0.25) is 18.9 Å². The van der Waals surface area contributed by atoms with Crippen molar-refractivity contribution in [1.82, 2.24) is 19.2 Å². The Balaban J connectivity index is 1.60. The van der Waals surface area contributed by atoms with Gasteiger partial charge >= 0.3 is 0 Å². The first-order valence-corrected chi connectivity index (χ1v) is 12.5. The van der Waals surface area contributed by atoms with Crippen LogP contribution in [-0.2, 0) is 14.3 Å². The number of amides is 1. The number of fused-ring (bicyclic) bond motifs is 1. The van der Waals surface area contributed by atoms with Crippen molar-refractivity contribution in [2.45, 2.75) is 32.7 Å². The van der Waals surface area contributed by atoms with Gasteiger partial charge in [-0.05, 0) is 36.1 Å². The highest BCUT2D eigenvalue weighted by Gasteiger charge is 2.46. The van der Waals surface area contributed by atoms with E-state index in [0.29, 0.717) is 49.3 Å². The van der Waals surface area contributed by atoms with Crippen LogP contribution in [0.25, 0.3) is 11.4 Å². The molecular weight excluding hydrogens is 456 g/mol. The zero-order chi connectivity index (χ0) is 25.4. The number of aliphatic hydroxyl groups is 1. The fraction of sp³-hybridized carbons (Fsp3) is 0.393. The lowest BCUT2D eigenvalue weighted by atomic mass is 9.94. The number of benzene rings is 1. The number of morpholine rings is 1. The number of likely N-dealkylation sites (tertiary alicyclic amines) is 1. The Morgan fingerprint density at radius 1 is 1.08 bits per heavy atom. The number of nitrogens with zero attached hydrogens (tertiary/aromatic N) is 4. The normalized spacial score (nSPS) is 20.7. The summed E-state index contributed by atoms with van der Waals surface area (Å²) in [6.07, 6.45) is 1.80. The predicted molar refractivity (Wildman–Crippen MR) is 137 cm³/mol. The Bertz CT molecular complexity index is 1320. The fourth-order valence-corrected chi connectivity index (χ4v) is 5.12. The molecule has 0 aliphatic carbocycles. The molecule has 1 atom stereocenters. The van der Waals surface area contributed by atoms with Crippen LogP contribution in [0.1, 0.15) is 48.3 Å². The van der Waals surface area contributed by atoms with Gasteiger partial charge in [-0.2, -0.15) is 0 Å². The van der Waals surface area contributed by atoms with Gasteiger partial charge in [0.05, 0.1) is 30.5 Å².